The lowest BCUT2D eigenvalue weighted by atomic mass is 10.0. The van der Waals surface area contributed by atoms with Crippen molar-refractivity contribution in [1.82, 2.24) is 0 Å². The molecule has 0 aromatic heterocycles. The predicted molar refractivity (Wildman–Crippen MR) is 288 cm³/mol. The highest BCUT2D eigenvalue weighted by Gasteiger charge is 2.17. The fraction of sp³-hybridized carbons (Fsp3) is 0.672. The summed E-state index contributed by atoms with van der Waals surface area (Å²) in [6.45, 7) is 7.52. The lowest BCUT2D eigenvalue weighted by molar-refractivity contribution is -0.162. The van der Waals surface area contributed by atoms with Gasteiger partial charge in [-0.15, -0.1) is 0 Å². The average molecular weight is 915 g/mol. The van der Waals surface area contributed by atoms with E-state index in [2.05, 4.69) is 124 Å². The lowest BCUT2D eigenvalue weighted by Crippen LogP contribution is -2.30. The number of esters is 2. The van der Waals surface area contributed by atoms with E-state index in [1.165, 1.54) is 103 Å². The van der Waals surface area contributed by atoms with Gasteiger partial charge in [-0.1, -0.05) is 246 Å². The highest BCUT2D eigenvalue weighted by Crippen LogP contribution is 2.15. The molecule has 0 unspecified atom stereocenters. The molecule has 0 aliphatic heterocycles. The number of carbonyl (C=O) groups is 2. The van der Waals surface area contributed by atoms with Crippen LogP contribution in [0.15, 0.2) is 109 Å². The minimum atomic E-state index is -0.581. The molecule has 0 fully saturated rings. The number of allylic oxidation sites excluding steroid dienone is 18. The minimum Gasteiger partial charge on any atom is -0.462 e. The van der Waals surface area contributed by atoms with Gasteiger partial charge < -0.3 is 14.2 Å². The van der Waals surface area contributed by atoms with Gasteiger partial charge in [0, 0.05) is 19.4 Å². The minimum absolute atomic E-state index is 0.0342. The molecular weight excluding hydrogens is 813 g/mol. The van der Waals surface area contributed by atoms with E-state index >= 15 is 0 Å². The van der Waals surface area contributed by atoms with E-state index in [0.717, 1.165) is 96.3 Å². The second kappa shape index (κ2) is 55.9. The Kier molecular flexibility index (Phi) is 53.0. The van der Waals surface area contributed by atoms with E-state index in [9.17, 15) is 9.59 Å². The molecule has 0 radical (unpaired) electrons. The molecule has 0 spiro atoms. The molecular formula is C61H102O5. The fourth-order valence-electron chi connectivity index (χ4n) is 7.32. The third-order valence-electron chi connectivity index (χ3n) is 11.3. The molecule has 376 valence electrons. The third kappa shape index (κ3) is 53.2. The van der Waals surface area contributed by atoms with Crippen LogP contribution in [0, 0.1) is 0 Å². The fourth-order valence-corrected chi connectivity index (χ4v) is 7.32. The maximum Gasteiger partial charge on any atom is 0.306 e. The van der Waals surface area contributed by atoms with Gasteiger partial charge in [0.05, 0.1) is 6.61 Å². The molecule has 0 aliphatic carbocycles. The second-order valence-electron chi connectivity index (χ2n) is 17.7. The van der Waals surface area contributed by atoms with Gasteiger partial charge in [-0.3, -0.25) is 9.59 Å². The maximum absolute atomic E-state index is 12.8. The molecule has 0 rings (SSSR count). The van der Waals surface area contributed by atoms with Gasteiger partial charge in [0.1, 0.15) is 6.61 Å². The Balaban J connectivity index is 4.42. The molecule has 0 N–H and O–H groups in total. The topological polar surface area (TPSA) is 61.8 Å². The van der Waals surface area contributed by atoms with E-state index in [-0.39, 0.29) is 25.2 Å². The Morgan fingerprint density at radius 2 is 0.712 bits per heavy atom. The van der Waals surface area contributed by atoms with E-state index in [0.29, 0.717) is 25.9 Å². The summed E-state index contributed by atoms with van der Waals surface area (Å²) < 4.78 is 17.4. The summed E-state index contributed by atoms with van der Waals surface area (Å²) in [6, 6.07) is 0. The van der Waals surface area contributed by atoms with Crippen molar-refractivity contribution >= 4 is 11.9 Å². The molecule has 0 bridgehead atoms. The van der Waals surface area contributed by atoms with Crippen molar-refractivity contribution in [2.45, 2.75) is 245 Å². The average Bonchev–Trinajstić information content (AvgIpc) is 3.32. The second-order valence-corrected chi connectivity index (χ2v) is 17.7. The van der Waals surface area contributed by atoms with E-state index < -0.39 is 6.10 Å². The first kappa shape index (κ1) is 62.6. The Bertz CT molecular complexity index is 1310. The van der Waals surface area contributed by atoms with Gasteiger partial charge >= 0.3 is 11.9 Å². The van der Waals surface area contributed by atoms with Crippen LogP contribution in [-0.4, -0.2) is 37.9 Å². The SMILES string of the molecule is CC/C=C\C/C=C\C/C=C\C/C=C\C/C=C\C/C=C\CCC(=O)OC[C@@H](COCCCCCCCCCCCCCCCCCC)OC(=O)CCCCCCC/C=C\C/C=C\C/C=C\CC. The quantitative estimate of drug-likeness (QED) is 0.0346. The molecule has 1 atom stereocenters. The highest BCUT2D eigenvalue weighted by molar-refractivity contribution is 5.70. The van der Waals surface area contributed by atoms with Crippen molar-refractivity contribution in [2.24, 2.45) is 0 Å². The highest BCUT2D eigenvalue weighted by atomic mass is 16.6. The van der Waals surface area contributed by atoms with Crippen molar-refractivity contribution in [3.05, 3.63) is 109 Å². The van der Waals surface area contributed by atoms with Crippen LogP contribution in [0.3, 0.4) is 0 Å². The molecule has 66 heavy (non-hydrogen) atoms. The molecule has 0 aliphatic rings. The van der Waals surface area contributed by atoms with Crippen LogP contribution in [0.4, 0.5) is 0 Å². The molecule has 0 amide bonds. The maximum atomic E-state index is 12.8. The Hall–Kier alpha value is -3.44. The number of ether oxygens (including phenoxy) is 3. The van der Waals surface area contributed by atoms with Crippen molar-refractivity contribution in [1.29, 1.82) is 0 Å². The van der Waals surface area contributed by atoms with Crippen LogP contribution in [0.1, 0.15) is 239 Å². The summed E-state index contributed by atoms with van der Waals surface area (Å²) in [6.07, 6.45) is 76.9. The Morgan fingerprint density at radius 1 is 0.348 bits per heavy atom. The first-order valence-corrected chi connectivity index (χ1v) is 27.4. The molecule has 0 aromatic rings. The van der Waals surface area contributed by atoms with Crippen molar-refractivity contribution < 1.29 is 23.8 Å². The van der Waals surface area contributed by atoms with Crippen LogP contribution in [0.25, 0.3) is 0 Å². The van der Waals surface area contributed by atoms with Gasteiger partial charge in [-0.2, -0.15) is 0 Å². The molecule has 0 aromatic carbocycles. The number of hydrogen-bond acceptors (Lipinski definition) is 5. The standard InChI is InChI=1S/C61H102O5/c1-4-7-10-13-16-19-22-25-28-30-31-32-34-36-39-42-45-48-51-54-60(62)65-58-59(57-64-56-53-50-47-44-41-38-35-29-26-23-20-17-14-11-8-5-2)66-61(63)55-52-49-46-43-40-37-33-27-24-21-18-15-12-9-6-3/h7,9-10,12,16,18-19,21,25,27-28,31-33,36,39,45,48,59H,4-6,8,11,13-15,17,20,22-24,26,29-30,34-35,37-38,40-44,46-47,49-58H2,1-3H3/b10-7-,12-9-,19-16-,21-18-,28-25-,32-31-,33-27-,39-36-,48-45-/t59-/m1/s1. The van der Waals surface area contributed by atoms with Crippen molar-refractivity contribution in [2.75, 3.05) is 19.8 Å². The number of unbranched alkanes of at least 4 members (excludes halogenated alkanes) is 20. The van der Waals surface area contributed by atoms with Gasteiger partial charge in [-0.25, -0.2) is 0 Å². The smallest absolute Gasteiger partial charge is 0.306 e. The van der Waals surface area contributed by atoms with E-state index in [1.807, 2.05) is 6.08 Å². The molecule has 5 heteroatoms. The summed E-state index contributed by atoms with van der Waals surface area (Å²) in [5, 5.41) is 0. The van der Waals surface area contributed by atoms with Crippen LogP contribution < -0.4 is 0 Å². The summed E-state index contributed by atoms with van der Waals surface area (Å²) in [5.41, 5.74) is 0. The third-order valence-corrected chi connectivity index (χ3v) is 11.3. The summed E-state index contributed by atoms with van der Waals surface area (Å²) in [5.74, 6) is -0.513. The van der Waals surface area contributed by atoms with Crippen LogP contribution in [0.2, 0.25) is 0 Å². The Labute approximate surface area is 408 Å². The summed E-state index contributed by atoms with van der Waals surface area (Å²) >= 11 is 0. The summed E-state index contributed by atoms with van der Waals surface area (Å²) in [4.78, 5) is 25.4. The van der Waals surface area contributed by atoms with Crippen molar-refractivity contribution in [3.63, 3.8) is 0 Å². The van der Waals surface area contributed by atoms with Crippen LogP contribution in [0.5, 0.6) is 0 Å². The van der Waals surface area contributed by atoms with Gasteiger partial charge in [0.2, 0.25) is 0 Å². The zero-order valence-corrected chi connectivity index (χ0v) is 43.2. The number of rotatable bonds is 49. The number of carbonyl (C=O) groups excluding carboxylic acids is 2. The molecule has 5 nitrogen and oxygen atoms in total. The lowest BCUT2D eigenvalue weighted by Gasteiger charge is -2.18. The summed E-state index contributed by atoms with van der Waals surface area (Å²) in [7, 11) is 0. The van der Waals surface area contributed by atoms with Crippen molar-refractivity contribution in [3.8, 4) is 0 Å². The van der Waals surface area contributed by atoms with Crippen LogP contribution in [-0.2, 0) is 23.8 Å². The van der Waals surface area contributed by atoms with E-state index in [4.69, 9.17) is 14.2 Å². The Morgan fingerprint density at radius 3 is 1.15 bits per heavy atom. The zero-order valence-electron chi connectivity index (χ0n) is 43.2. The van der Waals surface area contributed by atoms with Gasteiger partial charge in [-0.05, 0) is 89.9 Å². The van der Waals surface area contributed by atoms with Gasteiger partial charge in [0.15, 0.2) is 6.10 Å². The molecule has 0 saturated carbocycles. The molecule has 0 heterocycles. The monoisotopic (exact) mass is 915 g/mol. The van der Waals surface area contributed by atoms with Gasteiger partial charge in [0.25, 0.3) is 0 Å². The predicted octanol–water partition coefficient (Wildman–Crippen LogP) is 18.8. The largest absolute Gasteiger partial charge is 0.462 e. The first-order chi connectivity index (χ1) is 32.6. The molecule has 0 saturated heterocycles. The van der Waals surface area contributed by atoms with Crippen LogP contribution >= 0.6 is 0 Å². The number of hydrogen-bond donors (Lipinski definition) is 0. The zero-order chi connectivity index (χ0) is 47.7. The van der Waals surface area contributed by atoms with E-state index in [1.54, 1.807) is 0 Å². The first-order valence-electron chi connectivity index (χ1n) is 27.4. The normalized spacial score (nSPS) is 13.1.